The van der Waals surface area contributed by atoms with Crippen molar-refractivity contribution in [2.75, 3.05) is 5.32 Å². The molecule has 1 N–H and O–H groups in total. The second kappa shape index (κ2) is 8.57. The van der Waals surface area contributed by atoms with Gasteiger partial charge in [-0.2, -0.15) is 5.26 Å². The molecule has 5 aromatic rings. The van der Waals surface area contributed by atoms with E-state index >= 15 is 0 Å². The second-order valence-electron chi connectivity index (χ2n) is 8.14. The summed E-state index contributed by atoms with van der Waals surface area (Å²) < 4.78 is 2.33. The van der Waals surface area contributed by atoms with Gasteiger partial charge in [0.25, 0.3) is 0 Å². The van der Waals surface area contributed by atoms with Crippen LogP contribution in [0, 0.1) is 25.2 Å². The molecular formula is C28H24N4S. The maximum absolute atomic E-state index is 9.77. The van der Waals surface area contributed by atoms with E-state index in [0.29, 0.717) is 10.6 Å². The third-order valence-electron chi connectivity index (χ3n) is 6.13. The van der Waals surface area contributed by atoms with Crippen molar-refractivity contribution in [2.24, 2.45) is 0 Å². The van der Waals surface area contributed by atoms with Gasteiger partial charge < -0.3 is 9.88 Å². The molecule has 0 saturated heterocycles. The second-order valence-corrected chi connectivity index (χ2v) is 9.00. The number of rotatable bonds is 5. The molecule has 2 aromatic heterocycles. The fourth-order valence-electron chi connectivity index (χ4n) is 4.21. The first-order chi connectivity index (χ1) is 16.1. The first-order valence-corrected chi connectivity index (χ1v) is 11.9. The van der Waals surface area contributed by atoms with Crippen LogP contribution in [-0.2, 0) is 6.54 Å². The number of benzene rings is 3. The maximum atomic E-state index is 9.77. The zero-order chi connectivity index (χ0) is 22.9. The number of nitriles is 1. The van der Waals surface area contributed by atoms with E-state index < -0.39 is 0 Å². The number of nitrogens with zero attached hydrogens (tertiary/aromatic N) is 3. The summed E-state index contributed by atoms with van der Waals surface area (Å²) in [6.07, 6.45) is 1.75. The zero-order valence-electron chi connectivity index (χ0n) is 18.9. The Morgan fingerprint density at radius 1 is 1.03 bits per heavy atom. The van der Waals surface area contributed by atoms with E-state index in [1.165, 1.54) is 44.3 Å². The molecule has 0 radical (unpaired) electrons. The molecule has 5 heteroatoms. The Hall–Kier alpha value is -3.88. The van der Waals surface area contributed by atoms with Crippen molar-refractivity contribution in [1.29, 1.82) is 5.26 Å². The van der Waals surface area contributed by atoms with Crippen molar-refractivity contribution in [3.05, 3.63) is 88.4 Å². The molecular weight excluding hydrogens is 424 g/mol. The van der Waals surface area contributed by atoms with Crippen LogP contribution in [0.15, 0.2) is 72.2 Å². The van der Waals surface area contributed by atoms with E-state index in [1.54, 1.807) is 6.20 Å². The predicted molar refractivity (Wildman–Crippen MR) is 139 cm³/mol. The highest BCUT2D eigenvalue weighted by Crippen LogP contribution is 2.32. The van der Waals surface area contributed by atoms with Gasteiger partial charge in [0.05, 0.1) is 5.69 Å². The Morgan fingerprint density at radius 3 is 2.64 bits per heavy atom. The van der Waals surface area contributed by atoms with Gasteiger partial charge in [-0.15, -0.1) is 11.3 Å². The average Bonchev–Trinajstić information content (AvgIpc) is 3.44. The summed E-state index contributed by atoms with van der Waals surface area (Å²) in [6, 6.07) is 23.5. The molecule has 0 spiro atoms. The molecule has 4 nitrogen and oxygen atoms in total. The van der Waals surface area contributed by atoms with Gasteiger partial charge in [0.2, 0.25) is 0 Å². The summed E-state index contributed by atoms with van der Waals surface area (Å²) >= 11 is 1.49. The highest BCUT2D eigenvalue weighted by Gasteiger charge is 2.11. The quantitative estimate of drug-likeness (QED) is 0.283. The number of hydrogen-bond donors (Lipinski definition) is 1. The molecule has 33 heavy (non-hydrogen) atoms. The van der Waals surface area contributed by atoms with Gasteiger partial charge in [0, 0.05) is 51.2 Å². The molecule has 0 aliphatic heterocycles. The van der Waals surface area contributed by atoms with Crippen molar-refractivity contribution in [3.63, 3.8) is 0 Å². The van der Waals surface area contributed by atoms with Gasteiger partial charge in [0.1, 0.15) is 16.6 Å². The van der Waals surface area contributed by atoms with Crippen molar-refractivity contribution < 1.29 is 0 Å². The predicted octanol–water partition coefficient (Wildman–Crippen LogP) is 7.53. The number of anilines is 1. The van der Waals surface area contributed by atoms with Crippen LogP contribution in [0.3, 0.4) is 0 Å². The molecule has 3 aromatic carbocycles. The van der Waals surface area contributed by atoms with Crippen molar-refractivity contribution in [3.8, 4) is 17.3 Å². The van der Waals surface area contributed by atoms with Gasteiger partial charge in [0.15, 0.2) is 0 Å². The Labute approximate surface area is 197 Å². The van der Waals surface area contributed by atoms with Crippen LogP contribution in [0.4, 0.5) is 5.69 Å². The largest absolute Gasteiger partial charge is 0.360 e. The number of para-hydroxylation sites is 1. The van der Waals surface area contributed by atoms with Crippen LogP contribution >= 0.6 is 11.3 Å². The van der Waals surface area contributed by atoms with E-state index in [2.05, 4.69) is 97.4 Å². The van der Waals surface area contributed by atoms with E-state index in [9.17, 15) is 5.26 Å². The first kappa shape index (κ1) is 21.0. The minimum Gasteiger partial charge on any atom is -0.360 e. The number of hydrogen-bond acceptors (Lipinski definition) is 4. The highest BCUT2D eigenvalue weighted by atomic mass is 32.1. The van der Waals surface area contributed by atoms with Gasteiger partial charge in [-0.1, -0.05) is 30.3 Å². The van der Waals surface area contributed by atoms with Crippen LogP contribution in [-0.4, -0.2) is 9.55 Å². The Balaban J connectivity index is 1.46. The number of aryl methyl sites for hydroxylation is 3. The van der Waals surface area contributed by atoms with Crippen LogP contribution in [0.1, 0.15) is 23.1 Å². The SMILES string of the molecule is CCn1c2ccccc2c2cc(N/C=C(\C#N)c3nc(-c4ccc(C)c(C)c4)cs3)ccc21. The number of allylic oxidation sites excluding steroid dienone is 1. The lowest BCUT2D eigenvalue weighted by Gasteiger charge is -2.05. The maximum Gasteiger partial charge on any atom is 0.136 e. The smallest absolute Gasteiger partial charge is 0.136 e. The standard InChI is InChI=1S/C28H24N4S/c1-4-32-26-8-6-5-7-23(26)24-14-22(11-12-27(24)32)30-16-21(15-29)28-31-25(17-33-28)20-10-9-18(2)19(3)13-20/h5-14,16-17,30H,4H2,1-3H3/b21-16+. The Kier molecular flexibility index (Phi) is 5.45. The van der Waals surface area contributed by atoms with Crippen molar-refractivity contribution in [1.82, 2.24) is 9.55 Å². The minimum absolute atomic E-state index is 0.520. The molecule has 2 heterocycles. The Bertz CT molecular complexity index is 1560. The molecule has 0 bridgehead atoms. The van der Waals surface area contributed by atoms with Gasteiger partial charge in [-0.3, -0.25) is 0 Å². The highest BCUT2D eigenvalue weighted by molar-refractivity contribution is 7.11. The lowest BCUT2D eigenvalue weighted by atomic mass is 10.1. The molecule has 0 unspecified atom stereocenters. The zero-order valence-corrected chi connectivity index (χ0v) is 19.7. The summed E-state index contributed by atoms with van der Waals surface area (Å²) in [5.74, 6) is 0. The molecule has 0 amide bonds. The molecule has 0 saturated carbocycles. The summed E-state index contributed by atoms with van der Waals surface area (Å²) in [5.41, 5.74) is 8.38. The van der Waals surface area contributed by atoms with Gasteiger partial charge in [-0.05, 0) is 62.2 Å². The number of nitrogens with one attached hydrogen (secondary N) is 1. The monoisotopic (exact) mass is 448 g/mol. The average molecular weight is 449 g/mol. The summed E-state index contributed by atoms with van der Waals surface area (Å²) in [5, 5.41) is 18.2. The van der Waals surface area contributed by atoms with E-state index in [0.717, 1.165) is 23.5 Å². The van der Waals surface area contributed by atoms with Crippen LogP contribution in [0.2, 0.25) is 0 Å². The van der Waals surface area contributed by atoms with Crippen LogP contribution < -0.4 is 5.32 Å². The van der Waals surface area contributed by atoms with Crippen LogP contribution in [0.25, 0.3) is 38.6 Å². The molecule has 162 valence electrons. The molecule has 0 aliphatic rings. The molecule has 0 fully saturated rings. The van der Waals surface area contributed by atoms with Crippen molar-refractivity contribution >= 4 is 44.4 Å². The van der Waals surface area contributed by atoms with Gasteiger partial charge in [-0.25, -0.2) is 4.98 Å². The van der Waals surface area contributed by atoms with E-state index in [4.69, 9.17) is 4.98 Å². The topological polar surface area (TPSA) is 53.6 Å². The third kappa shape index (κ3) is 3.79. The van der Waals surface area contributed by atoms with Gasteiger partial charge >= 0.3 is 0 Å². The fraction of sp³-hybridized carbons (Fsp3) is 0.143. The lowest BCUT2D eigenvalue weighted by molar-refractivity contribution is 0.827. The Morgan fingerprint density at radius 2 is 1.85 bits per heavy atom. The van der Waals surface area contributed by atoms with E-state index in [1.807, 2.05) is 5.38 Å². The van der Waals surface area contributed by atoms with E-state index in [-0.39, 0.29) is 0 Å². The number of thiazole rings is 1. The number of fused-ring (bicyclic) bond motifs is 3. The molecule has 0 aliphatic carbocycles. The molecule has 5 rings (SSSR count). The minimum atomic E-state index is 0.520. The summed E-state index contributed by atoms with van der Waals surface area (Å²) in [7, 11) is 0. The van der Waals surface area contributed by atoms with Crippen molar-refractivity contribution in [2.45, 2.75) is 27.3 Å². The normalized spacial score (nSPS) is 11.8. The number of aromatic nitrogens is 2. The molecule has 0 atom stereocenters. The lowest BCUT2D eigenvalue weighted by Crippen LogP contribution is -1.94. The summed E-state index contributed by atoms with van der Waals surface area (Å²) in [4.78, 5) is 4.72. The third-order valence-corrected chi connectivity index (χ3v) is 7.01. The summed E-state index contributed by atoms with van der Waals surface area (Å²) in [6.45, 7) is 7.29. The first-order valence-electron chi connectivity index (χ1n) is 11.0. The fourth-order valence-corrected chi connectivity index (χ4v) is 5.01. The van der Waals surface area contributed by atoms with Crippen LogP contribution in [0.5, 0.6) is 0 Å².